The maximum atomic E-state index is 5.93. The zero-order chi connectivity index (χ0) is 13.9. The summed E-state index contributed by atoms with van der Waals surface area (Å²) in [5.41, 5.74) is 7.18. The van der Waals surface area contributed by atoms with Gasteiger partial charge in [0.05, 0.1) is 0 Å². The molecule has 0 radical (unpaired) electrons. The number of likely N-dealkylation sites (N-methyl/N-ethyl adjacent to an activating group) is 1. The highest BCUT2D eigenvalue weighted by molar-refractivity contribution is 7.10. The van der Waals surface area contributed by atoms with Crippen molar-refractivity contribution in [3.8, 4) is 0 Å². The highest BCUT2D eigenvalue weighted by Gasteiger charge is 2.36. The van der Waals surface area contributed by atoms with Crippen LogP contribution in [0.3, 0.4) is 0 Å². The zero-order valence-electron chi connectivity index (χ0n) is 12.4. The van der Waals surface area contributed by atoms with E-state index in [4.69, 9.17) is 5.73 Å². The minimum atomic E-state index is 0.323. The Morgan fingerprint density at radius 2 is 2.32 bits per heavy atom. The number of nitrogens with one attached hydrogen (secondary N) is 1. The summed E-state index contributed by atoms with van der Waals surface area (Å²) in [5, 5.41) is 5.70. The Morgan fingerprint density at radius 3 is 2.89 bits per heavy atom. The summed E-state index contributed by atoms with van der Waals surface area (Å²) in [6.45, 7) is 4.34. The number of rotatable bonds is 5. The van der Waals surface area contributed by atoms with E-state index < -0.39 is 0 Å². The van der Waals surface area contributed by atoms with Crippen LogP contribution in [0.25, 0.3) is 0 Å². The first kappa shape index (κ1) is 14.8. The van der Waals surface area contributed by atoms with Gasteiger partial charge in [-0.05, 0) is 44.3 Å². The highest BCUT2D eigenvalue weighted by atomic mass is 32.1. The highest BCUT2D eigenvalue weighted by Crippen LogP contribution is 2.35. The van der Waals surface area contributed by atoms with Crippen LogP contribution in [0.1, 0.15) is 37.5 Å². The number of nitrogens with zero attached hydrogens (tertiary/aromatic N) is 1. The first-order chi connectivity index (χ1) is 9.03. The number of anilines is 1. The molecule has 3 nitrogen and oxygen atoms in total. The van der Waals surface area contributed by atoms with Crippen molar-refractivity contribution in [2.45, 2.75) is 44.7 Å². The van der Waals surface area contributed by atoms with Crippen LogP contribution < -0.4 is 11.1 Å². The number of hydrogen-bond donors (Lipinski definition) is 2. The normalized spacial score (nSPS) is 27.9. The Bertz CT molecular complexity index is 402. The van der Waals surface area contributed by atoms with Gasteiger partial charge in [0.1, 0.15) is 0 Å². The van der Waals surface area contributed by atoms with Crippen molar-refractivity contribution < 1.29 is 0 Å². The Labute approximate surface area is 121 Å². The first-order valence-corrected chi connectivity index (χ1v) is 8.11. The lowest BCUT2D eigenvalue weighted by Crippen LogP contribution is -2.54. The van der Waals surface area contributed by atoms with Crippen LogP contribution in [0, 0.1) is 5.92 Å². The molecule has 2 rings (SSSR count). The average Bonchev–Trinajstić information content (AvgIpc) is 2.75. The Balaban J connectivity index is 1.92. The summed E-state index contributed by atoms with van der Waals surface area (Å²) in [6, 6.07) is 1.99. The van der Waals surface area contributed by atoms with Crippen LogP contribution in [0.2, 0.25) is 0 Å². The fourth-order valence-corrected chi connectivity index (χ4v) is 4.03. The Kier molecular flexibility index (Phi) is 4.87. The molecule has 1 heterocycles. The van der Waals surface area contributed by atoms with E-state index in [0.29, 0.717) is 5.54 Å². The Morgan fingerprint density at radius 1 is 1.53 bits per heavy atom. The predicted molar refractivity (Wildman–Crippen MR) is 84.5 cm³/mol. The smallest absolute Gasteiger partial charge is 0.0468 e. The SMILES string of the molecule is CC1CCCC(CNCc2sccc2N)(N(C)C)C1. The summed E-state index contributed by atoms with van der Waals surface area (Å²) in [6.07, 6.45) is 5.33. The number of hydrogen-bond acceptors (Lipinski definition) is 4. The van der Waals surface area contributed by atoms with Gasteiger partial charge in [-0.2, -0.15) is 0 Å². The summed E-state index contributed by atoms with van der Waals surface area (Å²) in [4.78, 5) is 3.69. The molecule has 1 aromatic rings. The van der Waals surface area contributed by atoms with Crippen molar-refractivity contribution in [2.24, 2.45) is 5.92 Å². The molecule has 3 N–H and O–H groups in total. The molecular formula is C15H27N3S. The van der Waals surface area contributed by atoms with Gasteiger partial charge in [0.15, 0.2) is 0 Å². The third-order valence-electron chi connectivity index (χ3n) is 4.54. The van der Waals surface area contributed by atoms with Crippen LogP contribution in [0.15, 0.2) is 11.4 Å². The van der Waals surface area contributed by atoms with Crippen molar-refractivity contribution in [3.05, 3.63) is 16.3 Å². The van der Waals surface area contributed by atoms with Gasteiger partial charge in [-0.3, -0.25) is 0 Å². The quantitative estimate of drug-likeness (QED) is 0.872. The molecule has 4 heteroatoms. The molecule has 0 spiro atoms. The zero-order valence-corrected chi connectivity index (χ0v) is 13.2. The largest absolute Gasteiger partial charge is 0.398 e. The summed E-state index contributed by atoms with van der Waals surface area (Å²) in [7, 11) is 4.44. The molecule has 0 saturated heterocycles. The minimum Gasteiger partial charge on any atom is -0.398 e. The molecule has 0 aromatic carbocycles. The van der Waals surface area contributed by atoms with Crippen molar-refractivity contribution in [3.63, 3.8) is 0 Å². The molecule has 1 aliphatic rings. The molecule has 0 aliphatic heterocycles. The molecule has 1 aromatic heterocycles. The molecular weight excluding hydrogens is 254 g/mol. The van der Waals surface area contributed by atoms with Crippen LogP contribution in [0.4, 0.5) is 5.69 Å². The maximum absolute atomic E-state index is 5.93. The van der Waals surface area contributed by atoms with Crippen molar-refractivity contribution >= 4 is 17.0 Å². The van der Waals surface area contributed by atoms with E-state index in [9.17, 15) is 0 Å². The van der Waals surface area contributed by atoms with Crippen molar-refractivity contribution in [1.82, 2.24) is 10.2 Å². The topological polar surface area (TPSA) is 41.3 Å². The number of thiophene rings is 1. The van der Waals surface area contributed by atoms with Crippen LogP contribution in [-0.4, -0.2) is 31.1 Å². The van der Waals surface area contributed by atoms with E-state index in [2.05, 4.69) is 36.6 Å². The van der Waals surface area contributed by atoms with Crippen LogP contribution in [0.5, 0.6) is 0 Å². The molecule has 0 amide bonds. The summed E-state index contributed by atoms with van der Waals surface area (Å²) >= 11 is 1.74. The average molecular weight is 281 g/mol. The molecule has 108 valence electrons. The molecule has 0 bridgehead atoms. The summed E-state index contributed by atoms with van der Waals surface area (Å²) < 4.78 is 0. The second-order valence-corrected chi connectivity index (χ2v) is 7.22. The molecule has 2 atom stereocenters. The van der Waals surface area contributed by atoms with Gasteiger partial charge in [-0.15, -0.1) is 11.3 Å². The van der Waals surface area contributed by atoms with Gasteiger partial charge in [0, 0.05) is 29.2 Å². The van der Waals surface area contributed by atoms with Crippen LogP contribution >= 0.6 is 11.3 Å². The fraction of sp³-hybridized carbons (Fsp3) is 0.733. The van der Waals surface area contributed by atoms with E-state index in [1.807, 2.05) is 6.07 Å². The maximum Gasteiger partial charge on any atom is 0.0468 e. The molecule has 1 saturated carbocycles. The van der Waals surface area contributed by atoms with Gasteiger partial charge in [-0.1, -0.05) is 19.8 Å². The van der Waals surface area contributed by atoms with E-state index >= 15 is 0 Å². The van der Waals surface area contributed by atoms with E-state index in [1.165, 1.54) is 30.6 Å². The lowest BCUT2D eigenvalue weighted by molar-refractivity contribution is 0.0750. The monoisotopic (exact) mass is 281 g/mol. The lowest BCUT2D eigenvalue weighted by Gasteiger charge is -2.45. The van der Waals surface area contributed by atoms with E-state index in [-0.39, 0.29) is 0 Å². The third-order valence-corrected chi connectivity index (χ3v) is 5.47. The molecule has 1 aliphatic carbocycles. The third kappa shape index (κ3) is 3.50. The van der Waals surface area contributed by atoms with Gasteiger partial charge in [0.2, 0.25) is 0 Å². The van der Waals surface area contributed by atoms with Crippen molar-refractivity contribution in [1.29, 1.82) is 0 Å². The molecule has 19 heavy (non-hydrogen) atoms. The minimum absolute atomic E-state index is 0.323. The fourth-order valence-electron chi connectivity index (χ4n) is 3.26. The van der Waals surface area contributed by atoms with Crippen molar-refractivity contribution in [2.75, 3.05) is 26.4 Å². The number of nitrogens with two attached hydrogens (primary N) is 1. The van der Waals surface area contributed by atoms with Gasteiger partial charge >= 0.3 is 0 Å². The van der Waals surface area contributed by atoms with Crippen LogP contribution in [-0.2, 0) is 6.54 Å². The van der Waals surface area contributed by atoms with Gasteiger partial charge < -0.3 is 16.0 Å². The predicted octanol–water partition coefficient (Wildman–Crippen LogP) is 2.93. The van der Waals surface area contributed by atoms with Gasteiger partial charge in [0.25, 0.3) is 0 Å². The second kappa shape index (κ2) is 6.25. The lowest BCUT2D eigenvalue weighted by atomic mass is 9.75. The van der Waals surface area contributed by atoms with E-state index in [1.54, 1.807) is 11.3 Å². The second-order valence-electron chi connectivity index (χ2n) is 6.22. The van der Waals surface area contributed by atoms with Gasteiger partial charge in [-0.25, -0.2) is 0 Å². The first-order valence-electron chi connectivity index (χ1n) is 7.23. The standard InChI is InChI=1S/C15H27N3S/c1-12-5-4-7-15(9-12,18(2)3)11-17-10-14-13(16)6-8-19-14/h6,8,12,17H,4-5,7,9-11,16H2,1-3H3. The molecule has 2 unspecified atom stereocenters. The summed E-state index contributed by atoms with van der Waals surface area (Å²) in [5.74, 6) is 0.838. The molecule has 1 fully saturated rings. The van der Waals surface area contributed by atoms with E-state index in [0.717, 1.165) is 24.7 Å². The number of nitrogen functional groups attached to an aromatic ring is 1. The Hall–Kier alpha value is -0.580.